The number of thioether (sulfide) groups is 1. The van der Waals surface area contributed by atoms with E-state index in [4.69, 9.17) is 4.74 Å². The van der Waals surface area contributed by atoms with Gasteiger partial charge < -0.3 is 14.7 Å². The van der Waals surface area contributed by atoms with E-state index in [0.29, 0.717) is 0 Å². The van der Waals surface area contributed by atoms with Crippen molar-refractivity contribution in [3.8, 4) is 5.75 Å². The zero-order valence-electron chi connectivity index (χ0n) is 12.3. The second-order valence-electron chi connectivity index (χ2n) is 4.42. The summed E-state index contributed by atoms with van der Waals surface area (Å²) in [7, 11) is 1.64. The molecule has 0 radical (unpaired) electrons. The molecule has 0 spiro atoms. The van der Waals surface area contributed by atoms with Gasteiger partial charge >= 0.3 is 0 Å². The average Bonchev–Trinajstić information content (AvgIpc) is 2.42. The molecule has 1 aromatic carbocycles. The van der Waals surface area contributed by atoms with Gasteiger partial charge in [-0.15, -0.1) is 11.8 Å². The normalized spacial score (nSPS) is 12.7. The molecular weight excluding hydrogens is 258 g/mol. The van der Waals surface area contributed by atoms with E-state index in [2.05, 4.69) is 24.8 Å². The third-order valence-corrected chi connectivity index (χ3v) is 4.28. The molecule has 0 bridgehead atoms. The highest BCUT2D eigenvalue weighted by molar-refractivity contribution is 7.99. The van der Waals surface area contributed by atoms with Gasteiger partial charge in [-0.1, -0.05) is 19.9 Å². The van der Waals surface area contributed by atoms with Gasteiger partial charge in [-0.25, -0.2) is 0 Å². The molecule has 0 aliphatic carbocycles. The number of aliphatic hydroxyl groups is 1. The van der Waals surface area contributed by atoms with Crippen molar-refractivity contribution < 1.29 is 9.84 Å². The lowest BCUT2D eigenvalue weighted by molar-refractivity contribution is 0.191. The van der Waals surface area contributed by atoms with E-state index >= 15 is 0 Å². The standard InChI is InChI=1S/C15H25NO2S/c1-5-16(6-2)10-11-19-14-9-7-8-13(18-4)15(14)12(3)17/h7-9,12,17H,5-6,10-11H2,1-4H3. The Labute approximate surface area is 121 Å². The van der Waals surface area contributed by atoms with Crippen molar-refractivity contribution in [2.24, 2.45) is 0 Å². The summed E-state index contributed by atoms with van der Waals surface area (Å²) in [6.07, 6.45) is -0.507. The summed E-state index contributed by atoms with van der Waals surface area (Å²) in [6, 6.07) is 5.93. The molecule has 1 N–H and O–H groups in total. The van der Waals surface area contributed by atoms with Gasteiger partial charge in [0.15, 0.2) is 0 Å². The highest BCUT2D eigenvalue weighted by Gasteiger charge is 2.14. The minimum atomic E-state index is -0.507. The Morgan fingerprint density at radius 1 is 1.32 bits per heavy atom. The van der Waals surface area contributed by atoms with Gasteiger partial charge in [0.1, 0.15) is 5.75 Å². The van der Waals surface area contributed by atoms with Crippen LogP contribution in [-0.2, 0) is 0 Å². The first-order chi connectivity index (χ1) is 9.13. The van der Waals surface area contributed by atoms with Crippen LogP contribution in [0, 0.1) is 0 Å². The molecule has 19 heavy (non-hydrogen) atoms. The molecule has 0 aromatic heterocycles. The Hall–Kier alpha value is -0.710. The number of nitrogens with zero attached hydrogens (tertiary/aromatic N) is 1. The van der Waals surface area contributed by atoms with Gasteiger partial charge in [0, 0.05) is 22.8 Å². The van der Waals surface area contributed by atoms with Crippen LogP contribution in [0.25, 0.3) is 0 Å². The topological polar surface area (TPSA) is 32.7 Å². The number of ether oxygens (including phenoxy) is 1. The van der Waals surface area contributed by atoms with Crippen LogP contribution >= 0.6 is 11.8 Å². The largest absolute Gasteiger partial charge is 0.496 e. The Bertz CT molecular complexity index is 378. The van der Waals surface area contributed by atoms with Crippen LogP contribution < -0.4 is 4.74 Å². The van der Waals surface area contributed by atoms with Crippen molar-refractivity contribution in [3.63, 3.8) is 0 Å². The highest BCUT2D eigenvalue weighted by Crippen LogP contribution is 2.34. The molecule has 4 heteroatoms. The molecule has 3 nitrogen and oxygen atoms in total. The molecular formula is C15H25NO2S. The molecule has 1 rings (SSSR count). The fourth-order valence-corrected chi connectivity index (χ4v) is 3.23. The summed E-state index contributed by atoms with van der Waals surface area (Å²) in [5.41, 5.74) is 0.898. The van der Waals surface area contributed by atoms with Gasteiger partial charge in [0.2, 0.25) is 0 Å². The van der Waals surface area contributed by atoms with Crippen molar-refractivity contribution in [2.45, 2.75) is 31.8 Å². The van der Waals surface area contributed by atoms with Crippen molar-refractivity contribution in [1.29, 1.82) is 0 Å². The van der Waals surface area contributed by atoms with Crippen LogP contribution in [0.5, 0.6) is 5.75 Å². The maximum absolute atomic E-state index is 9.91. The first kappa shape index (κ1) is 16.3. The lowest BCUT2D eigenvalue weighted by atomic mass is 10.1. The van der Waals surface area contributed by atoms with E-state index in [1.54, 1.807) is 25.8 Å². The fraction of sp³-hybridized carbons (Fsp3) is 0.600. The molecule has 0 amide bonds. The van der Waals surface area contributed by atoms with E-state index in [1.165, 1.54) is 0 Å². The molecule has 0 heterocycles. The van der Waals surface area contributed by atoms with Crippen LogP contribution in [0.15, 0.2) is 23.1 Å². The number of rotatable bonds is 8. The van der Waals surface area contributed by atoms with E-state index in [1.807, 2.05) is 12.1 Å². The van der Waals surface area contributed by atoms with Crippen LogP contribution in [0.1, 0.15) is 32.4 Å². The van der Waals surface area contributed by atoms with Crippen molar-refractivity contribution in [1.82, 2.24) is 4.90 Å². The number of benzene rings is 1. The number of hydrogen-bond donors (Lipinski definition) is 1. The average molecular weight is 283 g/mol. The molecule has 0 saturated carbocycles. The minimum absolute atomic E-state index is 0.507. The molecule has 1 aromatic rings. The van der Waals surface area contributed by atoms with Crippen molar-refractivity contribution >= 4 is 11.8 Å². The lowest BCUT2D eigenvalue weighted by Gasteiger charge is -2.19. The van der Waals surface area contributed by atoms with Gasteiger partial charge in [0.25, 0.3) is 0 Å². The molecule has 1 unspecified atom stereocenters. The lowest BCUT2D eigenvalue weighted by Crippen LogP contribution is -2.25. The van der Waals surface area contributed by atoms with E-state index in [0.717, 1.165) is 41.6 Å². The zero-order chi connectivity index (χ0) is 14.3. The van der Waals surface area contributed by atoms with E-state index in [-0.39, 0.29) is 0 Å². The Morgan fingerprint density at radius 2 is 2.00 bits per heavy atom. The minimum Gasteiger partial charge on any atom is -0.496 e. The highest BCUT2D eigenvalue weighted by atomic mass is 32.2. The Morgan fingerprint density at radius 3 is 2.53 bits per heavy atom. The number of methoxy groups -OCH3 is 1. The molecule has 0 aliphatic heterocycles. The fourth-order valence-electron chi connectivity index (χ4n) is 2.06. The summed E-state index contributed by atoms with van der Waals surface area (Å²) < 4.78 is 5.33. The number of hydrogen-bond acceptors (Lipinski definition) is 4. The summed E-state index contributed by atoms with van der Waals surface area (Å²) in [6.45, 7) is 9.37. The molecule has 0 fully saturated rings. The van der Waals surface area contributed by atoms with Gasteiger partial charge in [-0.2, -0.15) is 0 Å². The van der Waals surface area contributed by atoms with Crippen molar-refractivity contribution in [2.75, 3.05) is 32.5 Å². The van der Waals surface area contributed by atoms with Crippen LogP contribution in [0.4, 0.5) is 0 Å². The summed E-state index contributed by atoms with van der Waals surface area (Å²) in [5.74, 6) is 1.79. The summed E-state index contributed by atoms with van der Waals surface area (Å²) in [4.78, 5) is 3.51. The van der Waals surface area contributed by atoms with Gasteiger partial charge in [0.05, 0.1) is 13.2 Å². The predicted octanol–water partition coefficient (Wildman–Crippen LogP) is 3.18. The quantitative estimate of drug-likeness (QED) is 0.743. The molecule has 1 atom stereocenters. The second-order valence-corrected chi connectivity index (χ2v) is 5.56. The molecule has 0 saturated heterocycles. The van der Waals surface area contributed by atoms with Crippen molar-refractivity contribution in [3.05, 3.63) is 23.8 Å². The smallest absolute Gasteiger partial charge is 0.125 e. The summed E-state index contributed by atoms with van der Waals surface area (Å²) >= 11 is 1.78. The van der Waals surface area contributed by atoms with E-state index < -0.39 is 6.10 Å². The Kier molecular flexibility index (Phi) is 7.28. The van der Waals surface area contributed by atoms with Gasteiger partial charge in [-0.3, -0.25) is 0 Å². The van der Waals surface area contributed by atoms with Gasteiger partial charge in [-0.05, 0) is 32.1 Å². The van der Waals surface area contributed by atoms with Crippen LogP contribution in [0.3, 0.4) is 0 Å². The molecule has 108 valence electrons. The monoisotopic (exact) mass is 283 g/mol. The maximum atomic E-state index is 9.91. The SMILES string of the molecule is CCN(CC)CCSc1cccc(OC)c1C(C)O. The first-order valence-electron chi connectivity index (χ1n) is 6.84. The third-order valence-electron chi connectivity index (χ3n) is 3.22. The first-order valence-corrected chi connectivity index (χ1v) is 7.82. The second kappa shape index (κ2) is 8.46. The number of aliphatic hydroxyl groups excluding tert-OH is 1. The van der Waals surface area contributed by atoms with E-state index in [9.17, 15) is 5.11 Å². The Balaban J connectivity index is 2.72. The predicted molar refractivity (Wildman–Crippen MR) is 82.1 cm³/mol. The van der Waals surface area contributed by atoms with Crippen LogP contribution in [-0.4, -0.2) is 42.5 Å². The summed E-state index contributed by atoms with van der Waals surface area (Å²) in [5, 5.41) is 9.91. The zero-order valence-corrected chi connectivity index (χ0v) is 13.2. The third kappa shape index (κ3) is 4.71. The van der Waals surface area contributed by atoms with Crippen LogP contribution in [0.2, 0.25) is 0 Å². The maximum Gasteiger partial charge on any atom is 0.125 e. The molecule has 0 aliphatic rings.